The van der Waals surface area contributed by atoms with Gasteiger partial charge in [0.15, 0.2) is 0 Å². The van der Waals surface area contributed by atoms with Crippen LogP contribution in [0.2, 0.25) is 0 Å². The molecule has 2 amide bonds. The Labute approximate surface area is 171 Å². The van der Waals surface area contributed by atoms with Crippen molar-refractivity contribution in [1.82, 2.24) is 14.9 Å². The van der Waals surface area contributed by atoms with Gasteiger partial charge in [-0.1, -0.05) is 0 Å². The molecule has 0 radical (unpaired) electrons. The number of nitrogens with two attached hydrogens (primary N) is 1. The van der Waals surface area contributed by atoms with Gasteiger partial charge in [-0.25, -0.2) is 4.98 Å². The topological polar surface area (TPSA) is 133 Å². The predicted octanol–water partition coefficient (Wildman–Crippen LogP) is 1.35. The van der Waals surface area contributed by atoms with Crippen molar-refractivity contribution in [3.63, 3.8) is 0 Å². The lowest BCUT2D eigenvalue weighted by atomic mass is 9.85. The second kappa shape index (κ2) is 9.39. The molecule has 9 nitrogen and oxygen atoms in total. The summed E-state index contributed by atoms with van der Waals surface area (Å²) in [4.78, 5) is 34.3. The van der Waals surface area contributed by atoms with Crippen LogP contribution in [0.5, 0.6) is 0 Å². The molecule has 1 aromatic rings. The SMILES string of the molecule is CN(C)C(=O)[C@H]1CC[C@H](Nc2ncc(C(N)=O)c(NC3CCC[C@H](O)C3)n2)CC1. The van der Waals surface area contributed by atoms with Gasteiger partial charge in [0.2, 0.25) is 11.9 Å². The van der Waals surface area contributed by atoms with Gasteiger partial charge in [0.1, 0.15) is 5.82 Å². The maximum atomic E-state index is 12.1. The average molecular weight is 405 g/mol. The molecule has 2 atom stereocenters. The van der Waals surface area contributed by atoms with E-state index in [-0.39, 0.29) is 35.6 Å². The van der Waals surface area contributed by atoms with Crippen LogP contribution in [-0.4, -0.2) is 64.1 Å². The number of carbonyl (C=O) groups is 2. The fourth-order valence-corrected chi connectivity index (χ4v) is 4.26. The Balaban J connectivity index is 1.64. The van der Waals surface area contributed by atoms with E-state index in [2.05, 4.69) is 20.6 Å². The number of aliphatic hydroxyl groups is 1. The third-order valence-electron chi connectivity index (χ3n) is 5.89. The summed E-state index contributed by atoms with van der Waals surface area (Å²) in [5, 5.41) is 16.5. The summed E-state index contributed by atoms with van der Waals surface area (Å²) in [5.74, 6) is 0.530. The highest BCUT2D eigenvalue weighted by atomic mass is 16.3. The molecule has 2 aliphatic carbocycles. The minimum atomic E-state index is -0.585. The fraction of sp³-hybridized carbons (Fsp3) is 0.700. The number of hydrogen-bond donors (Lipinski definition) is 4. The number of amides is 2. The van der Waals surface area contributed by atoms with Crippen molar-refractivity contribution in [2.24, 2.45) is 11.7 Å². The number of aliphatic hydroxyl groups excluding tert-OH is 1. The van der Waals surface area contributed by atoms with Gasteiger partial charge in [-0.15, -0.1) is 0 Å². The highest BCUT2D eigenvalue weighted by Crippen LogP contribution is 2.28. The Morgan fingerprint density at radius 2 is 1.83 bits per heavy atom. The standard InChI is InChI=1S/C20H32N6O3/c1-26(2)19(29)12-6-8-13(9-7-12)24-20-22-11-16(17(21)28)18(25-20)23-14-4-3-5-15(27)10-14/h11-15,27H,3-10H2,1-2H3,(H2,21,28)(H2,22,23,24,25)/t12-,13-,14?,15-/m0/s1. The van der Waals surface area contributed by atoms with E-state index in [1.807, 2.05) is 0 Å². The number of rotatable bonds is 6. The molecule has 0 spiro atoms. The van der Waals surface area contributed by atoms with Crippen molar-refractivity contribution in [2.45, 2.75) is 69.6 Å². The van der Waals surface area contributed by atoms with E-state index < -0.39 is 5.91 Å². The summed E-state index contributed by atoms with van der Waals surface area (Å²) < 4.78 is 0. The zero-order valence-corrected chi connectivity index (χ0v) is 17.2. The van der Waals surface area contributed by atoms with Crippen LogP contribution in [0.15, 0.2) is 6.20 Å². The lowest BCUT2D eigenvalue weighted by Gasteiger charge is -2.30. The maximum Gasteiger partial charge on any atom is 0.254 e. The molecule has 0 saturated heterocycles. The van der Waals surface area contributed by atoms with Crippen LogP contribution < -0.4 is 16.4 Å². The number of primary amides is 1. The first-order chi connectivity index (χ1) is 13.8. The van der Waals surface area contributed by atoms with E-state index in [0.717, 1.165) is 44.9 Å². The van der Waals surface area contributed by atoms with Crippen LogP contribution in [0, 0.1) is 5.92 Å². The van der Waals surface area contributed by atoms with Crippen molar-refractivity contribution >= 4 is 23.6 Å². The van der Waals surface area contributed by atoms with Crippen molar-refractivity contribution in [1.29, 1.82) is 0 Å². The molecule has 2 aliphatic rings. The molecule has 2 saturated carbocycles. The number of carbonyl (C=O) groups excluding carboxylic acids is 2. The second-order valence-electron chi connectivity index (χ2n) is 8.41. The number of anilines is 2. The largest absolute Gasteiger partial charge is 0.393 e. The molecule has 2 fully saturated rings. The fourth-order valence-electron chi connectivity index (χ4n) is 4.26. The highest BCUT2D eigenvalue weighted by Gasteiger charge is 2.28. The summed E-state index contributed by atoms with van der Waals surface area (Å²) >= 11 is 0. The van der Waals surface area contributed by atoms with Gasteiger partial charge in [-0.05, 0) is 51.4 Å². The van der Waals surface area contributed by atoms with Gasteiger partial charge >= 0.3 is 0 Å². The molecular formula is C20H32N6O3. The molecule has 3 rings (SSSR count). The van der Waals surface area contributed by atoms with Crippen LogP contribution >= 0.6 is 0 Å². The first kappa shape index (κ1) is 21.3. The quantitative estimate of drug-likeness (QED) is 0.562. The van der Waals surface area contributed by atoms with E-state index in [1.165, 1.54) is 6.20 Å². The van der Waals surface area contributed by atoms with E-state index in [0.29, 0.717) is 18.2 Å². The van der Waals surface area contributed by atoms with Crippen LogP contribution in [0.3, 0.4) is 0 Å². The summed E-state index contributed by atoms with van der Waals surface area (Å²) in [7, 11) is 3.58. The summed E-state index contributed by atoms with van der Waals surface area (Å²) in [6, 6.07) is 0.233. The molecule has 1 unspecified atom stereocenters. The van der Waals surface area contributed by atoms with E-state index in [1.54, 1.807) is 19.0 Å². The summed E-state index contributed by atoms with van der Waals surface area (Å²) in [5.41, 5.74) is 5.73. The van der Waals surface area contributed by atoms with Crippen molar-refractivity contribution in [2.75, 3.05) is 24.7 Å². The maximum absolute atomic E-state index is 12.1. The summed E-state index contributed by atoms with van der Waals surface area (Å²) in [6.07, 6.45) is 7.76. The third kappa shape index (κ3) is 5.56. The molecular weight excluding hydrogens is 372 g/mol. The first-order valence-electron chi connectivity index (χ1n) is 10.4. The van der Waals surface area contributed by atoms with Crippen LogP contribution in [0.25, 0.3) is 0 Å². The molecule has 5 N–H and O–H groups in total. The highest BCUT2D eigenvalue weighted by molar-refractivity contribution is 5.97. The first-order valence-corrected chi connectivity index (χ1v) is 10.4. The molecule has 0 aliphatic heterocycles. The molecule has 0 bridgehead atoms. The number of hydrogen-bond acceptors (Lipinski definition) is 7. The number of nitrogens with zero attached hydrogens (tertiary/aromatic N) is 3. The van der Waals surface area contributed by atoms with Gasteiger partial charge in [-0.3, -0.25) is 9.59 Å². The Bertz CT molecular complexity index is 733. The monoisotopic (exact) mass is 404 g/mol. The molecule has 9 heteroatoms. The van der Waals surface area contributed by atoms with Gasteiger partial charge in [0.05, 0.1) is 11.7 Å². The van der Waals surface area contributed by atoms with Gasteiger partial charge in [0.25, 0.3) is 5.91 Å². The van der Waals surface area contributed by atoms with Gasteiger partial charge in [0, 0.05) is 38.3 Å². The van der Waals surface area contributed by atoms with Gasteiger partial charge < -0.3 is 26.4 Å². The Morgan fingerprint density at radius 3 is 2.45 bits per heavy atom. The minimum Gasteiger partial charge on any atom is -0.393 e. The zero-order chi connectivity index (χ0) is 21.0. The second-order valence-corrected chi connectivity index (χ2v) is 8.41. The molecule has 1 aromatic heterocycles. The number of aromatic nitrogens is 2. The van der Waals surface area contributed by atoms with E-state index in [4.69, 9.17) is 5.73 Å². The summed E-state index contributed by atoms with van der Waals surface area (Å²) in [6.45, 7) is 0. The average Bonchev–Trinajstić information content (AvgIpc) is 2.68. The van der Waals surface area contributed by atoms with Crippen LogP contribution in [0.1, 0.15) is 61.7 Å². The Kier molecular flexibility index (Phi) is 6.89. The van der Waals surface area contributed by atoms with Crippen molar-refractivity contribution in [3.05, 3.63) is 11.8 Å². The van der Waals surface area contributed by atoms with Gasteiger partial charge in [-0.2, -0.15) is 4.98 Å². The normalized spacial score (nSPS) is 27.1. The smallest absolute Gasteiger partial charge is 0.254 e. The molecule has 29 heavy (non-hydrogen) atoms. The lowest BCUT2D eigenvalue weighted by molar-refractivity contribution is -0.133. The third-order valence-corrected chi connectivity index (χ3v) is 5.89. The van der Waals surface area contributed by atoms with Crippen molar-refractivity contribution < 1.29 is 14.7 Å². The van der Waals surface area contributed by atoms with Crippen LogP contribution in [0.4, 0.5) is 11.8 Å². The Morgan fingerprint density at radius 1 is 1.10 bits per heavy atom. The van der Waals surface area contributed by atoms with Crippen molar-refractivity contribution in [3.8, 4) is 0 Å². The van der Waals surface area contributed by atoms with Crippen LogP contribution in [-0.2, 0) is 4.79 Å². The minimum absolute atomic E-state index is 0.0482. The van der Waals surface area contributed by atoms with E-state index in [9.17, 15) is 14.7 Å². The lowest BCUT2D eigenvalue weighted by Crippen LogP contribution is -2.35. The zero-order valence-electron chi connectivity index (χ0n) is 17.2. The predicted molar refractivity (Wildman–Crippen MR) is 110 cm³/mol. The molecule has 160 valence electrons. The Hall–Kier alpha value is -2.42. The molecule has 0 aromatic carbocycles. The molecule has 1 heterocycles. The number of nitrogens with one attached hydrogen (secondary N) is 2. The van der Waals surface area contributed by atoms with E-state index >= 15 is 0 Å².